The van der Waals surface area contributed by atoms with Gasteiger partial charge in [0.25, 0.3) is 5.91 Å². The van der Waals surface area contributed by atoms with Crippen LogP contribution in [0.3, 0.4) is 0 Å². The summed E-state index contributed by atoms with van der Waals surface area (Å²) in [6, 6.07) is 6.02. The molecule has 8 heteroatoms. The fourth-order valence-corrected chi connectivity index (χ4v) is 3.42. The predicted molar refractivity (Wildman–Crippen MR) is 115 cm³/mol. The lowest BCUT2D eigenvalue weighted by molar-refractivity contribution is -0.118. The fraction of sp³-hybridized carbons (Fsp3) is 0.429. The zero-order chi connectivity index (χ0) is 20.8. The Morgan fingerprint density at radius 2 is 1.86 bits per heavy atom. The van der Waals surface area contributed by atoms with Crippen LogP contribution in [0, 0.1) is 6.92 Å². The van der Waals surface area contributed by atoms with Gasteiger partial charge in [0.2, 0.25) is 6.41 Å². The maximum absolute atomic E-state index is 12.6. The number of aromatic nitrogens is 2. The lowest BCUT2D eigenvalue weighted by Crippen LogP contribution is -2.46. The van der Waals surface area contributed by atoms with E-state index in [1.165, 1.54) is 6.20 Å². The smallest absolute Gasteiger partial charge is 0.275 e. The topological polar surface area (TPSA) is 81.7 Å². The molecule has 1 aliphatic heterocycles. The van der Waals surface area contributed by atoms with Gasteiger partial charge in [0.15, 0.2) is 0 Å². The molecule has 29 heavy (non-hydrogen) atoms. The van der Waals surface area contributed by atoms with Crippen LogP contribution in [-0.4, -0.2) is 66.5 Å². The molecule has 0 aliphatic carbocycles. The van der Waals surface area contributed by atoms with E-state index in [-0.39, 0.29) is 11.6 Å². The van der Waals surface area contributed by atoms with Crippen molar-refractivity contribution in [2.75, 3.05) is 54.4 Å². The highest BCUT2D eigenvalue weighted by Gasteiger charge is 2.18. The highest BCUT2D eigenvalue weighted by Crippen LogP contribution is 2.23. The number of carbonyl (C=O) groups excluding carboxylic acids is 2. The molecule has 2 amide bonds. The van der Waals surface area contributed by atoms with Crippen molar-refractivity contribution in [3.63, 3.8) is 0 Å². The molecule has 2 heterocycles. The number of nitrogens with one attached hydrogen (secondary N) is 1. The Balaban J connectivity index is 1.64. The van der Waals surface area contributed by atoms with Gasteiger partial charge in [-0.1, -0.05) is 0 Å². The fourth-order valence-electron chi connectivity index (χ4n) is 3.42. The summed E-state index contributed by atoms with van der Waals surface area (Å²) >= 11 is 0. The summed E-state index contributed by atoms with van der Waals surface area (Å²) < 4.78 is 0. The first kappa shape index (κ1) is 20.6. The van der Waals surface area contributed by atoms with Crippen molar-refractivity contribution in [2.24, 2.45) is 0 Å². The highest BCUT2D eigenvalue weighted by molar-refractivity contribution is 6.03. The SMILES string of the molecule is CCN(CC)c1ccc(NC(=O)c2cnc(N3CCN(C=O)CC3)cn2)c(C)c1. The monoisotopic (exact) mass is 396 g/mol. The van der Waals surface area contributed by atoms with Crippen molar-refractivity contribution in [1.29, 1.82) is 0 Å². The number of benzene rings is 1. The molecule has 0 unspecified atom stereocenters. The summed E-state index contributed by atoms with van der Waals surface area (Å²) in [6.07, 6.45) is 3.98. The van der Waals surface area contributed by atoms with Gasteiger partial charge in [-0.25, -0.2) is 9.97 Å². The van der Waals surface area contributed by atoms with Crippen LogP contribution >= 0.6 is 0 Å². The number of nitrogens with zero attached hydrogens (tertiary/aromatic N) is 5. The van der Waals surface area contributed by atoms with Crippen molar-refractivity contribution in [1.82, 2.24) is 14.9 Å². The van der Waals surface area contributed by atoms with E-state index in [2.05, 4.69) is 45.0 Å². The number of amides is 2. The maximum Gasteiger partial charge on any atom is 0.275 e. The summed E-state index contributed by atoms with van der Waals surface area (Å²) in [7, 11) is 0. The molecule has 0 atom stereocenters. The van der Waals surface area contributed by atoms with E-state index in [1.807, 2.05) is 19.1 Å². The van der Waals surface area contributed by atoms with Crippen LogP contribution in [0.25, 0.3) is 0 Å². The Morgan fingerprint density at radius 1 is 1.14 bits per heavy atom. The molecule has 0 bridgehead atoms. The predicted octanol–water partition coefficient (Wildman–Crippen LogP) is 2.16. The number of hydrogen-bond acceptors (Lipinski definition) is 6. The molecule has 3 rings (SSSR count). The number of carbonyl (C=O) groups is 2. The van der Waals surface area contributed by atoms with Gasteiger partial charge in [0.05, 0.1) is 12.4 Å². The second-order valence-electron chi connectivity index (χ2n) is 7.01. The van der Waals surface area contributed by atoms with E-state index < -0.39 is 0 Å². The molecule has 1 aliphatic rings. The van der Waals surface area contributed by atoms with Crippen LogP contribution in [0.4, 0.5) is 17.2 Å². The molecule has 1 fully saturated rings. The molecular formula is C21H28N6O2. The van der Waals surface area contributed by atoms with E-state index in [0.717, 1.165) is 36.4 Å². The van der Waals surface area contributed by atoms with Crippen molar-refractivity contribution in [3.8, 4) is 0 Å². The zero-order valence-corrected chi connectivity index (χ0v) is 17.3. The first-order valence-electron chi connectivity index (χ1n) is 9.99. The van der Waals surface area contributed by atoms with E-state index in [9.17, 15) is 9.59 Å². The van der Waals surface area contributed by atoms with Crippen molar-refractivity contribution in [3.05, 3.63) is 41.9 Å². The van der Waals surface area contributed by atoms with E-state index in [4.69, 9.17) is 0 Å². The Kier molecular flexibility index (Phi) is 6.64. The van der Waals surface area contributed by atoms with Crippen molar-refractivity contribution < 1.29 is 9.59 Å². The minimum atomic E-state index is -0.284. The lowest BCUT2D eigenvalue weighted by atomic mass is 10.1. The number of hydrogen-bond donors (Lipinski definition) is 1. The van der Waals surface area contributed by atoms with Gasteiger partial charge < -0.3 is 20.0 Å². The Labute approximate surface area is 171 Å². The third-order valence-electron chi connectivity index (χ3n) is 5.24. The van der Waals surface area contributed by atoms with Gasteiger partial charge in [-0.2, -0.15) is 0 Å². The van der Waals surface area contributed by atoms with Crippen LogP contribution in [0.15, 0.2) is 30.6 Å². The molecule has 1 aromatic heterocycles. The molecule has 1 saturated heterocycles. The molecule has 1 N–H and O–H groups in total. The maximum atomic E-state index is 12.6. The van der Waals surface area contributed by atoms with Gasteiger partial charge in [-0.3, -0.25) is 9.59 Å². The summed E-state index contributed by atoms with van der Waals surface area (Å²) in [5.74, 6) is 0.431. The summed E-state index contributed by atoms with van der Waals surface area (Å²) in [5.41, 5.74) is 3.18. The van der Waals surface area contributed by atoms with Gasteiger partial charge in [-0.05, 0) is 44.5 Å². The van der Waals surface area contributed by atoms with Gasteiger partial charge in [-0.15, -0.1) is 0 Å². The number of anilines is 3. The van der Waals surface area contributed by atoms with Gasteiger partial charge in [0.1, 0.15) is 11.5 Å². The molecule has 0 radical (unpaired) electrons. The third kappa shape index (κ3) is 4.82. The quantitative estimate of drug-likeness (QED) is 0.723. The minimum absolute atomic E-state index is 0.271. The molecule has 154 valence electrons. The van der Waals surface area contributed by atoms with Gasteiger partial charge >= 0.3 is 0 Å². The highest BCUT2D eigenvalue weighted by atomic mass is 16.2. The average molecular weight is 396 g/mol. The number of piperazine rings is 1. The second kappa shape index (κ2) is 9.36. The molecule has 0 spiro atoms. The Hall–Kier alpha value is -3.16. The largest absolute Gasteiger partial charge is 0.372 e. The van der Waals surface area contributed by atoms with E-state index >= 15 is 0 Å². The number of aryl methyl sites for hydroxylation is 1. The molecule has 1 aromatic carbocycles. The lowest BCUT2D eigenvalue weighted by Gasteiger charge is -2.33. The van der Waals surface area contributed by atoms with Crippen LogP contribution in [-0.2, 0) is 4.79 Å². The van der Waals surface area contributed by atoms with Crippen molar-refractivity contribution in [2.45, 2.75) is 20.8 Å². The van der Waals surface area contributed by atoms with Crippen LogP contribution < -0.4 is 15.1 Å². The average Bonchev–Trinajstić information content (AvgIpc) is 2.76. The van der Waals surface area contributed by atoms with E-state index in [1.54, 1.807) is 11.1 Å². The van der Waals surface area contributed by atoms with E-state index in [0.29, 0.717) is 32.0 Å². The molecular weight excluding hydrogens is 368 g/mol. The van der Waals surface area contributed by atoms with Crippen molar-refractivity contribution >= 4 is 29.5 Å². The standard InChI is InChI=1S/C21H28N6O2/c1-4-26(5-2)17-6-7-18(16(3)12-17)24-21(29)19-13-23-20(14-22-19)27-10-8-25(15-28)9-11-27/h6-7,12-15H,4-5,8-11H2,1-3H3,(H,24,29). The minimum Gasteiger partial charge on any atom is -0.372 e. The zero-order valence-electron chi connectivity index (χ0n) is 17.3. The summed E-state index contributed by atoms with van der Waals surface area (Å²) in [5, 5.41) is 2.92. The normalized spacial score (nSPS) is 13.9. The molecule has 8 nitrogen and oxygen atoms in total. The third-order valence-corrected chi connectivity index (χ3v) is 5.24. The Bertz CT molecular complexity index is 843. The first-order valence-corrected chi connectivity index (χ1v) is 9.99. The second-order valence-corrected chi connectivity index (χ2v) is 7.01. The van der Waals surface area contributed by atoms with Crippen LogP contribution in [0.5, 0.6) is 0 Å². The summed E-state index contributed by atoms with van der Waals surface area (Å²) in [6.45, 7) is 10.8. The summed E-state index contributed by atoms with van der Waals surface area (Å²) in [4.78, 5) is 38.1. The number of rotatable bonds is 7. The Morgan fingerprint density at radius 3 is 2.41 bits per heavy atom. The molecule has 2 aromatic rings. The van der Waals surface area contributed by atoms with Crippen LogP contribution in [0.1, 0.15) is 29.9 Å². The van der Waals surface area contributed by atoms with Gasteiger partial charge in [0, 0.05) is 50.6 Å². The first-order chi connectivity index (χ1) is 14.0. The molecule has 0 saturated carbocycles. The van der Waals surface area contributed by atoms with Crippen LogP contribution in [0.2, 0.25) is 0 Å².